The molecule has 0 saturated carbocycles. The molecule has 1 rings (SSSR count). The molecule has 1 atom stereocenters. The van der Waals surface area contributed by atoms with Gasteiger partial charge in [0.05, 0.1) is 0 Å². The number of hydrogen-bond donors (Lipinski definition) is 1. The summed E-state index contributed by atoms with van der Waals surface area (Å²) in [4.78, 5) is 26.4. The minimum atomic E-state index is -1.31. The molecule has 0 fully saturated rings. The molecular weight excluding hydrogens is 285 g/mol. The zero-order valence-corrected chi connectivity index (χ0v) is 11.9. The Morgan fingerprint density at radius 3 is 2.59 bits per heavy atom. The van der Waals surface area contributed by atoms with Gasteiger partial charge in [-0.2, -0.15) is 0 Å². The second-order valence-electron chi connectivity index (χ2n) is 4.35. The Kier molecular flexibility index (Phi) is 4.29. The summed E-state index contributed by atoms with van der Waals surface area (Å²) in [7, 11) is 0. The van der Waals surface area contributed by atoms with Gasteiger partial charge in [0.25, 0.3) is 0 Å². The van der Waals surface area contributed by atoms with E-state index < -0.39 is 27.3 Å². The van der Waals surface area contributed by atoms with Crippen molar-refractivity contribution in [2.24, 2.45) is 0 Å². The molecular formula is C11H14AsNO4. The fourth-order valence-corrected chi connectivity index (χ4v) is 3.28. The van der Waals surface area contributed by atoms with Crippen LogP contribution in [0.2, 0.25) is 0 Å². The standard InChI is InChI=1S/C11H14AsNO4/c1-11(2,3)17-10(16)12-8-6-13-5-4-7(8)9(14)15/h4-6,12H,1-3H3,(H,14,15). The van der Waals surface area contributed by atoms with Crippen LogP contribution in [0.4, 0.5) is 4.79 Å². The van der Waals surface area contributed by atoms with E-state index in [9.17, 15) is 9.59 Å². The van der Waals surface area contributed by atoms with Gasteiger partial charge >= 0.3 is 106 Å². The van der Waals surface area contributed by atoms with Crippen molar-refractivity contribution < 1.29 is 19.4 Å². The number of carboxylic acids is 1. The van der Waals surface area contributed by atoms with E-state index >= 15 is 0 Å². The van der Waals surface area contributed by atoms with Crippen molar-refractivity contribution in [2.45, 2.75) is 26.4 Å². The Labute approximate surface area is 106 Å². The molecule has 1 aromatic rings. The Morgan fingerprint density at radius 1 is 1.41 bits per heavy atom. The number of aromatic nitrogens is 1. The molecule has 1 unspecified atom stereocenters. The third kappa shape index (κ3) is 4.57. The van der Waals surface area contributed by atoms with E-state index in [1.165, 1.54) is 18.5 Å². The van der Waals surface area contributed by atoms with Gasteiger partial charge in [-0.1, -0.05) is 0 Å². The van der Waals surface area contributed by atoms with Crippen LogP contribution in [-0.4, -0.2) is 42.2 Å². The van der Waals surface area contributed by atoms with Gasteiger partial charge in [-0.25, -0.2) is 0 Å². The first-order chi connectivity index (χ1) is 7.79. The number of rotatable bonds is 3. The van der Waals surface area contributed by atoms with Crippen molar-refractivity contribution in [1.29, 1.82) is 0 Å². The second-order valence-corrected chi connectivity index (χ2v) is 6.86. The molecule has 0 aliphatic carbocycles. The van der Waals surface area contributed by atoms with Crippen molar-refractivity contribution in [3.8, 4) is 0 Å². The maximum atomic E-state index is 11.6. The fraction of sp³-hybridized carbons (Fsp3) is 0.364. The Morgan fingerprint density at radius 2 is 2.06 bits per heavy atom. The third-order valence-corrected chi connectivity index (χ3v) is 3.73. The van der Waals surface area contributed by atoms with Gasteiger partial charge in [-0.05, 0) is 0 Å². The maximum absolute atomic E-state index is 11.6. The summed E-state index contributed by atoms with van der Waals surface area (Å²) < 4.78 is 5.31. The van der Waals surface area contributed by atoms with Crippen molar-refractivity contribution in [1.82, 2.24) is 4.98 Å². The van der Waals surface area contributed by atoms with Crippen molar-refractivity contribution in [2.75, 3.05) is 0 Å². The van der Waals surface area contributed by atoms with Crippen LogP contribution in [-0.2, 0) is 4.74 Å². The van der Waals surface area contributed by atoms with Gasteiger partial charge in [-0.3, -0.25) is 0 Å². The van der Waals surface area contributed by atoms with Crippen molar-refractivity contribution in [3.05, 3.63) is 24.0 Å². The Hall–Kier alpha value is -1.35. The molecule has 0 aromatic carbocycles. The fourth-order valence-electron chi connectivity index (χ4n) is 1.09. The van der Waals surface area contributed by atoms with Crippen LogP contribution >= 0.6 is 0 Å². The molecule has 0 aliphatic rings. The quantitative estimate of drug-likeness (QED) is 0.835. The summed E-state index contributed by atoms with van der Waals surface area (Å²) in [5.74, 6) is -1.05. The zero-order valence-electron chi connectivity index (χ0n) is 9.85. The predicted octanol–water partition coefficient (Wildman–Crippen LogP) is 0.777. The first-order valence-electron chi connectivity index (χ1n) is 4.97. The average Bonchev–Trinajstić information content (AvgIpc) is 2.14. The van der Waals surface area contributed by atoms with Gasteiger partial charge in [-0.15, -0.1) is 0 Å². The van der Waals surface area contributed by atoms with Crippen LogP contribution in [0.25, 0.3) is 0 Å². The van der Waals surface area contributed by atoms with E-state index in [0.717, 1.165) is 0 Å². The van der Waals surface area contributed by atoms with Crippen molar-refractivity contribution in [3.63, 3.8) is 0 Å². The average molecular weight is 299 g/mol. The summed E-state index contributed by atoms with van der Waals surface area (Å²) >= 11 is -1.31. The molecule has 92 valence electrons. The number of nitrogens with zero attached hydrogens (tertiary/aromatic N) is 1. The van der Waals surface area contributed by atoms with Crippen LogP contribution in [0.15, 0.2) is 18.5 Å². The molecule has 1 aromatic heterocycles. The first-order valence-corrected chi connectivity index (χ1v) is 7.07. The van der Waals surface area contributed by atoms with E-state index in [0.29, 0.717) is 4.35 Å². The van der Waals surface area contributed by atoms with E-state index in [1.54, 1.807) is 20.8 Å². The van der Waals surface area contributed by atoms with Gasteiger partial charge < -0.3 is 0 Å². The second kappa shape index (κ2) is 5.32. The number of ether oxygens (including phenoxy) is 1. The molecule has 0 amide bonds. The molecule has 0 aliphatic heterocycles. The zero-order chi connectivity index (χ0) is 13.1. The number of carbonyl (C=O) groups excluding carboxylic acids is 1. The van der Waals surface area contributed by atoms with Crippen LogP contribution in [0.3, 0.4) is 0 Å². The molecule has 6 heteroatoms. The molecule has 1 N–H and O–H groups in total. The molecule has 0 radical (unpaired) electrons. The number of aromatic carboxylic acids is 1. The number of carbonyl (C=O) groups is 2. The van der Waals surface area contributed by atoms with E-state index in [4.69, 9.17) is 9.84 Å². The van der Waals surface area contributed by atoms with Crippen LogP contribution in [0, 0.1) is 0 Å². The van der Waals surface area contributed by atoms with Gasteiger partial charge in [0.2, 0.25) is 0 Å². The van der Waals surface area contributed by atoms with E-state index in [2.05, 4.69) is 4.98 Å². The minimum absolute atomic E-state index is 0.130. The van der Waals surface area contributed by atoms with Crippen molar-refractivity contribution >= 4 is 30.8 Å². The summed E-state index contributed by atoms with van der Waals surface area (Å²) in [6, 6.07) is 1.39. The summed E-state index contributed by atoms with van der Waals surface area (Å²) in [5.41, 5.74) is -0.419. The van der Waals surface area contributed by atoms with Crippen LogP contribution < -0.4 is 4.35 Å². The molecule has 1 heterocycles. The molecule has 0 saturated heterocycles. The normalized spacial score (nSPS) is 11.7. The number of pyridine rings is 1. The van der Waals surface area contributed by atoms with Gasteiger partial charge in [0.1, 0.15) is 0 Å². The SMILES string of the molecule is CC(C)(C)OC(=O)[AsH]c1cnccc1C(=O)O. The molecule has 0 spiro atoms. The van der Waals surface area contributed by atoms with Gasteiger partial charge in [0, 0.05) is 0 Å². The van der Waals surface area contributed by atoms with Crippen LogP contribution in [0.1, 0.15) is 31.1 Å². The first kappa shape index (κ1) is 13.7. The topological polar surface area (TPSA) is 76.5 Å². The summed E-state index contributed by atoms with van der Waals surface area (Å²) in [6.45, 7) is 5.33. The third-order valence-electron chi connectivity index (χ3n) is 1.69. The number of carboxylic acid groups (broad SMARTS) is 1. The molecule has 0 bridgehead atoms. The molecule has 5 nitrogen and oxygen atoms in total. The van der Waals surface area contributed by atoms with E-state index in [-0.39, 0.29) is 10.3 Å². The monoisotopic (exact) mass is 299 g/mol. The predicted molar refractivity (Wildman–Crippen MR) is 64.2 cm³/mol. The summed E-state index contributed by atoms with van der Waals surface area (Å²) in [6.07, 6.45) is 2.82. The Bertz CT molecular complexity index is 439. The van der Waals surface area contributed by atoms with Crippen LogP contribution in [0.5, 0.6) is 0 Å². The Balaban J connectivity index is 2.82. The van der Waals surface area contributed by atoms with Gasteiger partial charge in [0.15, 0.2) is 0 Å². The van der Waals surface area contributed by atoms with E-state index in [1.807, 2.05) is 0 Å². The summed E-state index contributed by atoms with van der Waals surface area (Å²) in [5, 5.41) is 8.95. The molecule has 17 heavy (non-hydrogen) atoms. The number of hydrogen-bond acceptors (Lipinski definition) is 4.